The van der Waals surface area contributed by atoms with Gasteiger partial charge in [-0.3, -0.25) is 0 Å². The molecule has 0 bridgehead atoms. The lowest BCUT2D eigenvalue weighted by atomic mass is 10.1. The first-order valence-electron chi connectivity index (χ1n) is 5.16. The molecule has 1 aromatic carbocycles. The van der Waals surface area contributed by atoms with Crippen molar-refractivity contribution >= 4 is 5.69 Å². The van der Waals surface area contributed by atoms with E-state index in [0.717, 1.165) is 18.5 Å². The zero-order valence-electron chi connectivity index (χ0n) is 9.10. The highest BCUT2D eigenvalue weighted by Gasteiger charge is 2.05. The van der Waals surface area contributed by atoms with Crippen LogP contribution in [0.3, 0.4) is 0 Å². The SMILES string of the molecule is CCC[C@H](C)Nc1cccc(F)c1C. The summed E-state index contributed by atoms with van der Waals surface area (Å²) in [5, 5.41) is 3.31. The first kappa shape index (κ1) is 11.0. The van der Waals surface area contributed by atoms with Gasteiger partial charge in [0.15, 0.2) is 0 Å². The molecule has 0 saturated carbocycles. The molecular formula is C12H18FN. The molecule has 0 aliphatic heterocycles. The smallest absolute Gasteiger partial charge is 0.128 e. The van der Waals surface area contributed by atoms with Gasteiger partial charge < -0.3 is 5.32 Å². The summed E-state index contributed by atoms with van der Waals surface area (Å²) in [6, 6.07) is 5.55. The third-order valence-corrected chi connectivity index (χ3v) is 2.39. The summed E-state index contributed by atoms with van der Waals surface area (Å²) >= 11 is 0. The highest BCUT2D eigenvalue weighted by Crippen LogP contribution is 2.18. The van der Waals surface area contributed by atoms with Crippen LogP contribution >= 0.6 is 0 Å². The van der Waals surface area contributed by atoms with Gasteiger partial charge in [-0.1, -0.05) is 19.4 Å². The van der Waals surface area contributed by atoms with Crippen molar-refractivity contribution in [2.24, 2.45) is 0 Å². The first-order valence-corrected chi connectivity index (χ1v) is 5.16. The fourth-order valence-corrected chi connectivity index (χ4v) is 1.53. The Morgan fingerprint density at radius 2 is 2.14 bits per heavy atom. The van der Waals surface area contributed by atoms with Crippen molar-refractivity contribution < 1.29 is 4.39 Å². The van der Waals surface area contributed by atoms with Crippen LogP contribution < -0.4 is 5.32 Å². The largest absolute Gasteiger partial charge is 0.382 e. The number of benzene rings is 1. The Kier molecular flexibility index (Phi) is 3.93. The van der Waals surface area contributed by atoms with Gasteiger partial charge in [0.1, 0.15) is 5.82 Å². The Labute approximate surface area is 85.3 Å². The highest BCUT2D eigenvalue weighted by molar-refractivity contribution is 5.51. The van der Waals surface area contributed by atoms with Crippen LogP contribution in [0.25, 0.3) is 0 Å². The summed E-state index contributed by atoms with van der Waals surface area (Å²) in [7, 11) is 0. The van der Waals surface area contributed by atoms with E-state index in [4.69, 9.17) is 0 Å². The molecular weight excluding hydrogens is 177 g/mol. The van der Waals surface area contributed by atoms with E-state index in [9.17, 15) is 4.39 Å². The Balaban J connectivity index is 2.71. The predicted octanol–water partition coefficient (Wildman–Crippen LogP) is 3.73. The number of anilines is 1. The van der Waals surface area contributed by atoms with Gasteiger partial charge in [-0.25, -0.2) is 4.39 Å². The number of hydrogen-bond acceptors (Lipinski definition) is 1. The van der Waals surface area contributed by atoms with Crippen LogP contribution in [0.15, 0.2) is 18.2 Å². The van der Waals surface area contributed by atoms with Gasteiger partial charge in [0, 0.05) is 17.3 Å². The van der Waals surface area contributed by atoms with Gasteiger partial charge in [0.2, 0.25) is 0 Å². The summed E-state index contributed by atoms with van der Waals surface area (Å²) in [6.07, 6.45) is 2.25. The van der Waals surface area contributed by atoms with Crippen LogP contribution in [0.5, 0.6) is 0 Å². The molecule has 0 aliphatic rings. The molecule has 0 amide bonds. The van der Waals surface area contributed by atoms with E-state index in [-0.39, 0.29) is 5.82 Å². The second-order valence-electron chi connectivity index (χ2n) is 3.75. The average molecular weight is 195 g/mol. The maximum Gasteiger partial charge on any atom is 0.128 e. The zero-order chi connectivity index (χ0) is 10.6. The second kappa shape index (κ2) is 4.99. The summed E-state index contributed by atoms with van der Waals surface area (Å²) < 4.78 is 13.2. The van der Waals surface area contributed by atoms with E-state index >= 15 is 0 Å². The van der Waals surface area contributed by atoms with Crippen LogP contribution in [-0.2, 0) is 0 Å². The van der Waals surface area contributed by atoms with Gasteiger partial charge in [0.05, 0.1) is 0 Å². The average Bonchev–Trinajstić information content (AvgIpc) is 2.13. The first-order chi connectivity index (χ1) is 6.65. The topological polar surface area (TPSA) is 12.0 Å². The molecule has 0 spiro atoms. The number of halogens is 1. The summed E-state index contributed by atoms with van der Waals surface area (Å²) in [5.74, 6) is -0.140. The van der Waals surface area contributed by atoms with Crippen LogP contribution in [0, 0.1) is 12.7 Å². The quantitative estimate of drug-likeness (QED) is 0.771. The molecule has 0 fully saturated rings. The van der Waals surface area contributed by atoms with E-state index in [0.29, 0.717) is 11.6 Å². The molecule has 1 nitrogen and oxygen atoms in total. The van der Waals surface area contributed by atoms with Crippen molar-refractivity contribution in [3.63, 3.8) is 0 Å². The summed E-state index contributed by atoms with van der Waals surface area (Å²) in [5.41, 5.74) is 1.61. The van der Waals surface area contributed by atoms with E-state index in [1.807, 2.05) is 6.07 Å². The fraction of sp³-hybridized carbons (Fsp3) is 0.500. The monoisotopic (exact) mass is 195 g/mol. The number of nitrogens with one attached hydrogen (secondary N) is 1. The van der Waals surface area contributed by atoms with Crippen LogP contribution in [0.1, 0.15) is 32.3 Å². The molecule has 1 atom stereocenters. The van der Waals surface area contributed by atoms with E-state index < -0.39 is 0 Å². The molecule has 0 heterocycles. The lowest BCUT2D eigenvalue weighted by Crippen LogP contribution is -2.15. The van der Waals surface area contributed by atoms with Gasteiger partial charge in [-0.2, -0.15) is 0 Å². The van der Waals surface area contributed by atoms with Crippen molar-refractivity contribution in [1.29, 1.82) is 0 Å². The maximum absolute atomic E-state index is 13.2. The second-order valence-corrected chi connectivity index (χ2v) is 3.75. The van der Waals surface area contributed by atoms with Crippen molar-refractivity contribution in [1.82, 2.24) is 0 Å². The Morgan fingerprint density at radius 1 is 1.43 bits per heavy atom. The van der Waals surface area contributed by atoms with Crippen molar-refractivity contribution in [3.05, 3.63) is 29.6 Å². The van der Waals surface area contributed by atoms with Crippen LogP contribution in [0.4, 0.5) is 10.1 Å². The zero-order valence-corrected chi connectivity index (χ0v) is 9.10. The maximum atomic E-state index is 13.2. The van der Waals surface area contributed by atoms with Crippen LogP contribution in [0.2, 0.25) is 0 Å². The lowest BCUT2D eigenvalue weighted by Gasteiger charge is -2.16. The van der Waals surface area contributed by atoms with E-state index in [1.165, 1.54) is 6.07 Å². The third kappa shape index (κ3) is 2.72. The Bertz CT molecular complexity index is 296. The van der Waals surface area contributed by atoms with Gasteiger partial charge in [-0.05, 0) is 32.4 Å². The number of rotatable bonds is 4. The lowest BCUT2D eigenvalue weighted by molar-refractivity contribution is 0.617. The molecule has 1 rings (SSSR count). The molecule has 1 aromatic rings. The highest BCUT2D eigenvalue weighted by atomic mass is 19.1. The third-order valence-electron chi connectivity index (χ3n) is 2.39. The van der Waals surface area contributed by atoms with E-state index in [1.54, 1.807) is 13.0 Å². The fourth-order valence-electron chi connectivity index (χ4n) is 1.53. The minimum absolute atomic E-state index is 0.140. The normalized spacial score (nSPS) is 12.6. The minimum Gasteiger partial charge on any atom is -0.382 e. The Morgan fingerprint density at radius 3 is 2.79 bits per heavy atom. The predicted molar refractivity (Wildman–Crippen MR) is 59.1 cm³/mol. The molecule has 2 heteroatoms. The van der Waals surface area contributed by atoms with Gasteiger partial charge >= 0.3 is 0 Å². The Hall–Kier alpha value is -1.05. The van der Waals surface area contributed by atoms with E-state index in [2.05, 4.69) is 19.2 Å². The van der Waals surface area contributed by atoms with Gasteiger partial charge in [-0.15, -0.1) is 0 Å². The minimum atomic E-state index is -0.140. The molecule has 1 N–H and O–H groups in total. The van der Waals surface area contributed by atoms with Crippen molar-refractivity contribution in [2.75, 3.05) is 5.32 Å². The molecule has 0 unspecified atom stereocenters. The summed E-state index contributed by atoms with van der Waals surface area (Å²) in [4.78, 5) is 0. The molecule has 0 aromatic heterocycles. The molecule has 78 valence electrons. The standard InChI is InChI=1S/C12H18FN/c1-4-6-9(2)14-12-8-5-7-11(13)10(12)3/h5,7-9,14H,4,6H2,1-3H3/t9-/m0/s1. The molecule has 14 heavy (non-hydrogen) atoms. The van der Waals surface area contributed by atoms with Gasteiger partial charge in [0.25, 0.3) is 0 Å². The summed E-state index contributed by atoms with van der Waals surface area (Å²) in [6.45, 7) is 6.07. The molecule has 0 saturated heterocycles. The van der Waals surface area contributed by atoms with Crippen molar-refractivity contribution in [2.45, 2.75) is 39.7 Å². The van der Waals surface area contributed by atoms with Crippen molar-refractivity contribution in [3.8, 4) is 0 Å². The van der Waals surface area contributed by atoms with Crippen LogP contribution in [-0.4, -0.2) is 6.04 Å². The number of hydrogen-bond donors (Lipinski definition) is 1. The molecule has 0 radical (unpaired) electrons. The molecule has 0 aliphatic carbocycles.